The van der Waals surface area contributed by atoms with Gasteiger partial charge in [-0.05, 0) is 85.2 Å². The van der Waals surface area contributed by atoms with Crippen molar-refractivity contribution in [2.75, 3.05) is 5.73 Å². The van der Waals surface area contributed by atoms with Crippen molar-refractivity contribution in [1.29, 1.82) is 0 Å². The number of nitrogen functional groups attached to an aromatic ring is 1. The number of fused-ring (bicyclic) bond motifs is 2. The van der Waals surface area contributed by atoms with Crippen LogP contribution in [-0.4, -0.2) is 9.97 Å². The smallest absolute Gasteiger partial charge is 0.0491 e. The van der Waals surface area contributed by atoms with Crippen molar-refractivity contribution in [2.45, 2.75) is 66.5 Å². The maximum absolute atomic E-state index is 6.93. The van der Waals surface area contributed by atoms with Gasteiger partial charge in [-0.3, -0.25) is 0 Å². The maximum atomic E-state index is 6.93. The van der Waals surface area contributed by atoms with Crippen molar-refractivity contribution in [3.8, 4) is 0 Å². The number of aryl methyl sites for hydroxylation is 1. The zero-order valence-corrected chi connectivity index (χ0v) is 26.4. The first-order chi connectivity index (χ1) is 19.7. The summed E-state index contributed by atoms with van der Waals surface area (Å²) in [4.78, 5) is 11.8. The second-order valence-corrected chi connectivity index (χ2v) is 13.5. The first-order valence-electron chi connectivity index (χ1n) is 13.9. The molecule has 2 heterocycles. The fourth-order valence-electron chi connectivity index (χ4n) is 5.73. The van der Waals surface area contributed by atoms with Crippen molar-refractivity contribution >= 4 is 62.6 Å². The Morgan fingerprint density at radius 2 is 1.56 bits per heavy atom. The maximum Gasteiger partial charge on any atom is 0.0491 e. The van der Waals surface area contributed by atoms with E-state index < -0.39 is 0 Å². The molecule has 6 rings (SSSR count). The standard InChI is InChI=1S/C35H34ClN3S2/c1-19(2)32-27(16-23-10-6-9-13-30(23)40-31-18-38-29-17-24(36)14-15-25(29)31)20(3)21(4)33(37)35(32)41-34-22(5)39-28-12-8-7-11-26(28)34/h6-15,17-19,38-39H,16,37H2,1-5H3. The number of nitrogens with two attached hydrogens (primary N) is 1. The van der Waals surface area contributed by atoms with E-state index in [1.807, 2.05) is 23.9 Å². The van der Waals surface area contributed by atoms with Crippen LogP contribution in [0, 0.1) is 20.8 Å². The fourth-order valence-corrected chi connectivity index (χ4v) is 8.39. The van der Waals surface area contributed by atoms with Crippen LogP contribution in [0.3, 0.4) is 0 Å². The SMILES string of the molecule is Cc1[nH]c2ccccc2c1Sc1c(N)c(C)c(C)c(Cc2ccccc2Sc2c[nH]c3cc(Cl)ccc23)c1C(C)C. The summed E-state index contributed by atoms with van der Waals surface area (Å²) >= 11 is 9.86. The van der Waals surface area contributed by atoms with E-state index in [1.165, 1.54) is 63.9 Å². The Morgan fingerprint density at radius 1 is 0.805 bits per heavy atom. The third kappa shape index (κ3) is 5.16. The molecule has 2 aromatic heterocycles. The number of H-pyrrole nitrogens is 2. The van der Waals surface area contributed by atoms with E-state index >= 15 is 0 Å². The second-order valence-electron chi connectivity index (χ2n) is 11.0. The minimum Gasteiger partial charge on any atom is -0.398 e. The summed E-state index contributed by atoms with van der Waals surface area (Å²) in [7, 11) is 0. The Labute approximate surface area is 255 Å². The number of nitrogens with one attached hydrogen (secondary N) is 2. The van der Waals surface area contributed by atoms with Crippen LogP contribution in [0.15, 0.2) is 92.5 Å². The molecular weight excluding hydrogens is 562 g/mol. The van der Waals surface area contributed by atoms with Gasteiger partial charge in [0.1, 0.15) is 0 Å². The Balaban J connectivity index is 1.44. The molecule has 0 saturated heterocycles. The van der Waals surface area contributed by atoms with E-state index in [0.717, 1.165) is 28.2 Å². The van der Waals surface area contributed by atoms with Crippen molar-refractivity contribution in [2.24, 2.45) is 0 Å². The zero-order valence-electron chi connectivity index (χ0n) is 24.0. The highest BCUT2D eigenvalue weighted by Crippen LogP contribution is 2.47. The van der Waals surface area contributed by atoms with Crippen molar-refractivity contribution in [3.63, 3.8) is 0 Å². The van der Waals surface area contributed by atoms with Gasteiger partial charge >= 0.3 is 0 Å². The van der Waals surface area contributed by atoms with Crippen molar-refractivity contribution in [3.05, 3.63) is 111 Å². The largest absolute Gasteiger partial charge is 0.398 e. The summed E-state index contributed by atoms with van der Waals surface area (Å²) in [5.74, 6) is 0.317. The molecule has 0 radical (unpaired) electrons. The van der Waals surface area contributed by atoms with Crippen molar-refractivity contribution < 1.29 is 0 Å². The van der Waals surface area contributed by atoms with Crippen LogP contribution in [-0.2, 0) is 6.42 Å². The fraction of sp³-hybridized carbons (Fsp3) is 0.200. The van der Waals surface area contributed by atoms with Gasteiger partial charge in [-0.2, -0.15) is 0 Å². The molecular formula is C35H34ClN3S2. The van der Waals surface area contributed by atoms with Gasteiger partial charge in [0, 0.05) is 64.0 Å². The van der Waals surface area contributed by atoms with Crippen molar-refractivity contribution in [1.82, 2.24) is 9.97 Å². The van der Waals surface area contributed by atoms with Crippen LogP contribution < -0.4 is 5.73 Å². The van der Waals surface area contributed by atoms with Crippen LogP contribution in [0.2, 0.25) is 5.02 Å². The minimum absolute atomic E-state index is 0.317. The molecule has 0 saturated carbocycles. The molecule has 0 aliphatic carbocycles. The topological polar surface area (TPSA) is 57.6 Å². The molecule has 0 bridgehead atoms. The van der Waals surface area contributed by atoms with Crippen LogP contribution >= 0.6 is 35.1 Å². The number of para-hydroxylation sites is 1. The number of hydrogen-bond acceptors (Lipinski definition) is 3. The van der Waals surface area contributed by atoms with E-state index in [1.54, 1.807) is 11.8 Å². The van der Waals surface area contributed by atoms with Crippen LogP contribution in [0.25, 0.3) is 21.8 Å². The Kier molecular flexibility index (Phi) is 7.62. The summed E-state index contributed by atoms with van der Waals surface area (Å²) in [6.07, 6.45) is 2.93. The third-order valence-corrected chi connectivity index (χ3v) is 10.8. The molecule has 3 nitrogen and oxygen atoms in total. The number of benzene rings is 4. The van der Waals surface area contributed by atoms with Gasteiger partial charge in [-0.15, -0.1) is 0 Å². The number of hydrogen-bond donors (Lipinski definition) is 3. The predicted molar refractivity (Wildman–Crippen MR) is 178 cm³/mol. The Morgan fingerprint density at radius 3 is 2.37 bits per heavy atom. The van der Waals surface area contributed by atoms with Gasteiger partial charge in [-0.1, -0.05) is 91.4 Å². The highest BCUT2D eigenvalue weighted by molar-refractivity contribution is 8.00. The summed E-state index contributed by atoms with van der Waals surface area (Å²) in [5, 5.41) is 3.17. The monoisotopic (exact) mass is 595 g/mol. The average Bonchev–Trinajstić information content (AvgIpc) is 3.49. The quantitative estimate of drug-likeness (QED) is 0.161. The first-order valence-corrected chi connectivity index (χ1v) is 15.9. The molecule has 4 N–H and O–H groups in total. The number of aromatic amines is 2. The summed E-state index contributed by atoms with van der Waals surface area (Å²) in [5.41, 5.74) is 17.7. The predicted octanol–water partition coefficient (Wildman–Crippen LogP) is 10.8. The van der Waals surface area contributed by atoms with Gasteiger partial charge < -0.3 is 15.7 Å². The summed E-state index contributed by atoms with van der Waals surface area (Å²) in [6.45, 7) is 11.1. The van der Waals surface area contributed by atoms with Crippen LogP contribution in [0.4, 0.5) is 5.69 Å². The lowest BCUT2D eigenvalue weighted by Gasteiger charge is -2.25. The molecule has 6 aromatic rings. The number of halogens is 1. The van der Waals surface area contributed by atoms with Gasteiger partial charge in [-0.25, -0.2) is 0 Å². The summed E-state index contributed by atoms with van der Waals surface area (Å²) < 4.78 is 0. The van der Waals surface area contributed by atoms with Crippen LogP contribution in [0.5, 0.6) is 0 Å². The highest BCUT2D eigenvalue weighted by Gasteiger charge is 2.24. The Hall–Kier alpha value is -3.25. The number of anilines is 1. The molecule has 0 unspecified atom stereocenters. The van der Waals surface area contributed by atoms with Gasteiger partial charge in [0.15, 0.2) is 0 Å². The second kappa shape index (κ2) is 11.2. The van der Waals surface area contributed by atoms with Gasteiger partial charge in [0.2, 0.25) is 0 Å². The lowest BCUT2D eigenvalue weighted by molar-refractivity contribution is 0.817. The molecule has 0 atom stereocenters. The molecule has 41 heavy (non-hydrogen) atoms. The summed E-state index contributed by atoms with van der Waals surface area (Å²) in [6, 6.07) is 23.3. The van der Waals surface area contributed by atoms with Gasteiger partial charge in [0.05, 0.1) is 0 Å². The third-order valence-electron chi connectivity index (χ3n) is 8.02. The normalized spacial score (nSPS) is 11.8. The van der Waals surface area contributed by atoms with E-state index in [9.17, 15) is 0 Å². The highest BCUT2D eigenvalue weighted by atomic mass is 35.5. The zero-order chi connectivity index (χ0) is 28.8. The molecule has 0 amide bonds. The average molecular weight is 596 g/mol. The molecule has 0 aliphatic heterocycles. The lowest BCUT2D eigenvalue weighted by Crippen LogP contribution is -2.09. The Bertz CT molecular complexity index is 1910. The molecule has 4 aromatic carbocycles. The molecule has 6 heteroatoms. The number of rotatable bonds is 7. The van der Waals surface area contributed by atoms with E-state index in [2.05, 4.69) is 105 Å². The molecule has 208 valence electrons. The minimum atomic E-state index is 0.317. The molecule has 0 fully saturated rings. The number of aromatic nitrogens is 2. The first kappa shape index (κ1) is 27.9. The lowest BCUT2D eigenvalue weighted by atomic mass is 9.86. The van der Waals surface area contributed by atoms with Crippen LogP contribution in [0.1, 0.15) is 53.3 Å². The van der Waals surface area contributed by atoms with Gasteiger partial charge in [0.25, 0.3) is 0 Å². The van der Waals surface area contributed by atoms with E-state index in [-0.39, 0.29) is 0 Å². The van der Waals surface area contributed by atoms with E-state index in [4.69, 9.17) is 17.3 Å². The van der Waals surface area contributed by atoms with E-state index in [0.29, 0.717) is 5.92 Å². The molecule has 0 aliphatic rings. The molecule has 0 spiro atoms.